The Labute approximate surface area is 123 Å². The summed E-state index contributed by atoms with van der Waals surface area (Å²) in [6, 6.07) is 3.06. The molecule has 0 aromatic heterocycles. The quantitative estimate of drug-likeness (QED) is 0.923. The number of aliphatic hydroxyl groups excluding tert-OH is 1. The van der Waals surface area contributed by atoms with Gasteiger partial charge in [-0.2, -0.15) is 0 Å². The lowest BCUT2D eigenvalue weighted by atomic mass is 10.1. The third kappa shape index (κ3) is 2.69. The molecular formula is C14H18ClNO4. The number of rotatable bonds is 4. The van der Waals surface area contributed by atoms with Crippen molar-refractivity contribution in [3.05, 3.63) is 22.7 Å². The molecule has 110 valence electrons. The van der Waals surface area contributed by atoms with Crippen molar-refractivity contribution in [1.29, 1.82) is 0 Å². The third-order valence-electron chi connectivity index (χ3n) is 3.53. The highest BCUT2D eigenvalue weighted by atomic mass is 35.5. The first-order valence-corrected chi connectivity index (χ1v) is 6.83. The average Bonchev–Trinajstić information content (AvgIpc) is 2.93. The van der Waals surface area contributed by atoms with Crippen molar-refractivity contribution in [1.82, 2.24) is 4.90 Å². The summed E-state index contributed by atoms with van der Waals surface area (Å²) in [5.74, 6) is 0.679. The molecule has 0 radical (unpaired) electrons. The number of halogens is 1. The maximum atomic E-state index is 12.5. The van der Waals surface area contributed by atoms with Crippen LogP contribution in [0.15, 0.2) is 12.1 Å². The van der Waals surface area contributed by atoms with Gasteiger partial charge in [-0.25, -0.2) is 0 Å². The number of carbonyl (C=O) groups is 1. The van der Waals surface area contributed by atoms with Crippen LogP contribution in [0.4, 0.5) is 0 Å². The van der Waals surface area contributed by atoms with Crippen molar-refractivity contribution in [2.24, 2.45) is 0 Å². The Morgan fingerprint density at radius 2 is 2.20 bits per heavy atom. The molecule has 0 spiro atoms. The van der Waals surface area contributed by atoms with Gasteiger partial charge in [0.05, 0.1) is 31.9 Å². The molecule has 1 N–H and O–H groups in total. The maximum absolute atomic E-state index is 12.5. The van der Waals surface area contributed by atoms with E-state index in [9.17, 15) is 9.90 Å². The van der Waals surface area contributed by atoms with E-state index in [1.165, 1.54) is 14.2 Å². The van der Waals surface area contributed by atoms with Gasteiger partial charge in [0, 0.05) is 12.1 Å². The molecule has 0 saturated carbocycles. The smallest absolute Gasteiger partial charge is 0.254 e. The number of benzene rings is 1. The summed E-state index contributed by atoms with van der Waals surface area (Å²) < 4.78 is 10.3. The number of nitrogens with zero attached hydrogens (tertiary/aromatic N) is 1. The van der Waals surface area contributed by atoms with Gasteiger partial charge >= 0.3 is 0 Å². The fraction of sp³-hybridized carbons (Fsp3) is 0.500. The van der Waals surface area contributed by atoms with E-state index < -0.39 is 0 Å². The van der Waals surface area contributed by atoms with Gasteiger partial charge in [-0.15, -0.1) is 0 Å². The zero-order chi connectivity index (χ0) is 14.7. The molecule has 1 fully saturated rings. The summed E-state index contributed by atoms with van der Waals surface area (Å²) in [7, 11) is 2.99. The molecule has 5 nitrogen and oxygen atoms in total. The normalized spacial score (nSPS) is 18.2. The Kier molecular flexibility index (Phi) is 4.73. The second-order valence-corrected chi connectivity index (χ2v) is 5.08. The number of hydrogen-bond acceptors (Lipinski definition) is 4. The molecule has 0 bridgehead atoms. The van der Waals surface area contributed by atoms with Crippen LogP contribution in [0.5, 0.6) is 11.5 Å². The minimum absolute atomic E-state index is 0.0211. The van der Waals surface area contributed by atoms with Crippen LogP contribution in [0.25, 0.3) is 0 Å². The Balaban J connectivity index is 2.33. The van der Waals surface area contributed by atoms with Crippen LogP contribution in [0.2, 0.25) is 5.02 Å². The van der Waals surface area contributed by atoms with E-state index in [-0.39, 0.29) is 18.6 Å². The lowest BCUT2D eigenvalue weighted by molar-refractivity contribution is 0.0677. The van der Waals surface area contributed by atoms with Crippen molar-refractivity contribution in [2.75, 3.05) is 27.4 Å². The van der Waals surface area contributed by atoms with Gasteiger partial charge in [-0.1, -0.05) is 11.6 Å². The van der Waals surface area contributed by atoms with E-state index in [2.05, 4.69) is 0 Å². The molecule has 1 amide bonds. The number of likely N-dealkylation sites (tertiary alicyclic amines) is 1. The van der Waals surface area contributed by atoms with Gasteiger partial charge in [0.25, 0.3) is 5.91 Å². The van der Waals surface area contributed by atoms with Crippen LogP contribution >= 0.6 is 11.6 Å². The second kappa shape index (κ2) is 6.33. The van der Waals surface area contributed by atoms with Crippen LogP contribution in [-0.2, 0) is 0 Å². The van der Waals surface area contributed by atoms with Gasteiger partial charge in [0.15, 0.2) is 11.5 Å². The molecule has 0 aliphatic carbocycles. The zero-order valence-corrected chi connectivity index (χ0v) is 12.3. The maximum Gasteiger partial charge on any atom is 0.254 e. The molecular weight excluding hydrogens is 282 g/mol. The van der Waals surface area contributed by atoms with Gasteiger partial charge in [-0.05, 0) is 25.0 Å². The molecule has 6 heteroatoms. The summed E-state index contributed by atoms with van der Waals surface area (Å²) in [6.07, 6.45) is 1.72. The first-order chi connectivity index (χ1) is 9.62. The Morgan fingerprint density at radius 1 is 1.45 bits per heavy atom. The Morgan fingerprint density at radius 3 is 2.80 bits per heavy atom. The van der Waals surface area contributed by atoms with Crippen molar-refractivity contribution in [3.63, 3.8) is 0 Å². The molecule has 20 heavy (non-hydrogen) atoms. The molecule has 0 unspecified atom stereocenters. The number of methoxy groups -OCH3 is 2. The third-order valence-corrected chi connectivity index (χ3v) is 3.81. The lowest BCUT2D eigenvalue weighted by Gasteiger charge is -2.23. The molecule has 1 aliphatic rings. The molecule has 1 aromatic rings. The topological polar surface area (TPSA) is 59.0 Å². The van der Waals surface area contributed by atoms with Gasteiger partial charge in [-0.3, -0.25) is 4.79 Å². The summed E-state index contributed by atoms with van der Waals surface area (Å²) in [5, 5.41) is 9.63. The largest absolute Gasteiger partial charge is 0.493 e. The monoisotopic (exact) mass is 299 g/mol. The molecule has 1 saturated heterocycles. The van der Waals surface area contributed by atoms with Gasteiger partial charge in [0.2, 0.25) is 0 Å². The van der Waals surface area contributed by atoms with Crippen molar-refractivity contribution in [2.45, 2.75) is 18.9 Å². The van der Waals surface area contributed by atoms with Crippen LogP contribution < -0.4 is 9.47 Å². The van der Waals surface area contributed by atoms with Gasteiger partial charge in [0.1, 0.15) is 0 Å². The standard InChI is InChI=1S/C14H18ClNO4/c1-19-12-7-9(6-11(15)13(12)20-2)14(18)16-5-3-4-10(16)8-17/h6-7,10,17H,3-5,8H2,1-2H3/t10-/m0/s1. The number of hydrogen-bond donors (Lipinski definition) is 1. The highest BCUT2D eigenvalue weighted by Crippen LogP contribution is 2.36. The Hall–Kier alpha value is -1.46. The van der Waals surface area contributed by atoms with E-state index in [1.54, 1.807) is 17.0 Å². The number of ether oxygens (including phenoxy) is 2. The van der Waals surface area contributed by atoms with Crippen molar-refractivity contribution in [3.8, 4) is 11.5 Å². The van der Waals surface area contributed by atoms with Crippen LogP contribution in [-0.4, -0.2) is 49.3 Å². The first kappa shape index (κ1) is 14.9. The molecule has 1 aliphatic heterocycles. The van der Waals surface area contributed by atoms with Crippen molar-refractivity contribution >= 4 is 17.5 Å². The zero-order valence-electron chi connectivity index (χ0n) is 11.6. The summed E-state index contributed by atoms with van der Waals surface area (Å²) in [5.41, 5.74) is 0.438. The Bertz CT molecular complexity index is 506. The molecule has 1 atom stereocenters. The predicted molar refractivity (Wildman–Crippen MR) is 75.7 cm³/mol. The summed E-state index contributed by atoms with van der Waals surface area (Å²) in [6.45, 7) is 0.628. The second-order valence-electron chi connectivity index (χ2n) is 4.67. The van der Waals surface area contributed by atoms with E-state index in [0.29, 0.717) is 28.6 Å². The number of amides is 1. The highest BCUT2D eigenvalue weighted by molar-refractivity contribution is 6.32. The van der Waals surface area contributed by atoms with Gasteiger partial charge < -0.3 is 19.5 Å². The van der Waals surface area contributed by atoms with Crippen molar-refractivity contribution < 1.29 is 19.4 Å². The molecule has 1 heterocycles. The minimum atomic E-state index is -0.149. The molecule has 1 aromatic carbocycles. The van der Waals surface area contributed by atoms with Crippen LogP contribution in [0.3, 0.4) is 0 Å². The first-order valence-electron chi connectivity index (χ1n) is 6.45. The van der Waals surface area contributed by atoms with E-state index in [1.807, 2.05) is 0 Å². The van der Waals surface area contributed by atoms with E-state index in [4.69, 9.17) is 21.1 Å². The lowest BCUT2D eigenvalue weighted by Crippen LogP contribution is -2.37. The number of aliphatic hydroxyl groups is 1. The van der Waals surface area contributed by atoms with E-state index >= 15 is 0 Å². The SMILES string of the molecule is COc1cc(C(=O)N2CCC[C@H]2CO)cc(Cl)c1OC. The minimum Gasteiger partial charge on any atom is -0.493 e. The average molecular weight is 300 g/mol. The molecule has 2 rings (SSSR count). The predicted octanol–water partition coefficient (Wildman–Crippen LogP) is 1.95. The fourth-order valence-corrected chi connectivity index (χ4v) is 2.79. The summed E-state index contributed by atoms with van der Waals surface area (Å²) >= 11 is 6.11. The summed E-state index contributed by atoms with van der Waals surface area (Å²) in [4.78, 5) is 14.2. The van der Waals surface area contributed by atoms with Crippen LogP contribution in [0.1, 0.15) is 23.2 Å². The fourth-order valence-electron chi connectivity index (χ4n) is 2.50. The van der Waals surface area contributed by atoms with Crippen LogP contribution in [0, 0.1) is 0 Å². The number of carbonyl (C=O) groups excluding carboxylic acids is 1. The highest BCUT2D eigenvalue weighted by Gasteiger charge is 2.29. The van der Waals surface area contributed by atoms with E-state index in [0.717, 1.165) is 12.8 Å².